The quantitative estimate of drug-likeness (QED) is 0.482. The molecule has 0 N–H and O–H groups in total. The van der Waals surface area contributed by atoms with Crippen LogP contribution in [0.1, 0.15) is 11.1 Å². The summed E-state index contributed by atoms with van der Waals surface area (Å²) in [5.41, 5.74) is 2.68. The highest BCUT2D eigenvalue weighted by molar-refractivity contribution is 6.07. The summed E-state index contributed by atoms with van der Waals surface area (Å²) in [6.45, 7) is 0. The molecule has 0 atom stereocenters. The van der Waals surface area contributed by atoms with E-state index in [1.165, 1.54) is 32.7 Å². The number of fused-ring (bicyclic) bond motifs is 2. The fourth-order valence-electron chi connectivity index (χ4n) is 2.75. The zero-order valence-corrected chi connectivity index (χ0v) is 9.35. The topological polar surface area (TPSA) is 0 Å². The summed E-state index contributed by atoms with van der Waals surface area (Å²) in [7, 11) is 0. The minimum Gasteiger partial charge on any atom is -0.0754 e. The Balaban J connectivity index is 2.33. The van der Waals surface area contributed by atoms with Crippen LogP contribution in [0.2, 0.25) is 0 Å². The van der Waals surface area contributed by atoms with E-state index in [2.05, 4.69) is 67.1 Å². The van der Waals surface area contributed by atoms with E-state index in [1.807, 2.05) is 0 Å². The molecule has 0 spiro atoms. The molecule has 3 aromatic carbocycles. The molecule has 1 radical (unpaired) electrons. The molecule has 1 aliphatic rings. The van der Waals surface area contributed by atoms with Crippen molar-refractivity contribution in [2.75, 3.05) is 0 Å². The van der Waals surface area contributed by atoms with Gasteiger partial charge in [0.2, 0.25) is 0 Å². The molecule has 1 aliphatic carbocycles. The van der Waals surface area contributed by atoms with Gasteiger partial charge in [-0.2, -0.15) is 0 Å². The predicted molar refractivity (Wildman–Crippen MR) is 73.9 cm³/mol. The number of rotatable bonds is 0. The van der Waals surface area contributed by atoms with Crippen molar-refractivity contribution in [1.29, 1.82) is 0 Å². The van der Waals surface area contributed by atoms with Gasteiger partial charge in [-0.3, -0.25) is 0 Å². The van der Waals surface area contributed by atoms with Crippen molar-refractivity contribution in [2.45, 2.75) is 0 Å². The highest BCUT2D eigenvalue weighted by Gasteiger charge is 2.11. The second kappa shape index (κ2) is 3.21. The van der Waals surface area contributed by atoms with Crippen molar-refractivity contribution >= 4 is 27.6 Å². The lowest BCUT2D eigenvalue weighted by molar-refractivity contribution is 1.58. The highest BCUT2D eigenvalue weighted by Crippen LogP contribution is 2.35. The highest BCUT2D eigenvalue weighted by atomic mass is 14.1. The molecule has 0 unspecified atom stereocenters. The first kappa shape index (κ1) is 9.00. The first-order chi connectivity index (χ1) is 8.43. The van der Waals surface area contributed by atoms with Crippen molar-refractivity contribution in [3.63, 3.8) is 0 Å². The van der Waals surface area contributed by atoms with Crippen LogP contribution >= 0.6 is 0 Å². The van der Waals surface area contributed by atoms with E-state index in [9.17, 15) is 0 Å². The van der Waals surface area contributed by atoms with Crippen LogP contribution in [0.5, 0.6) is 0 Å². The first-order valence-corrected chi connectivity index (χ1v) is 5.89. The van der Waals surface area contributed by atoms with Crippen LogP contribution in [-0.4, -0.2) is 0 Å². The lowest BCUT2D eigenvalue weighted by Crippen LogP contribution is -1.92. The zero-order valence-electron chi connectivity index (χ0n) is 9.35. The smallest absolute Gasteiger partial charge is 0.0138 e. The maximum Gasteiger partial charge on any atom is 0.0138 e. The van der Waals surface area contributed by atoms with Crippen LogP contribution in [0.4, 0.5) is 0 Å². The van der Waals surface area contributed by atoms with Gasteiger partial charge in [-0.05, 0) is 38.7 Å². The van der Waals surface area contributed by atoms with E-state index in [-0.39, 0.29) is 0 Å². The van der Waals surface area contributed by atoms with Crippen LogP contribution in [0, 0.1) is 6.42 Å². The van der Waals surface area contributed by atoms with E-state index in [4.69, 9.17) is 0 Å². The van der Waals surface area contributed by atoms with Gasteiger partial charge in [0, 0.05) is 6.42 Å². The average molecular weight is 215 g/mol. The Kier molecular flexibility index (Phi) is 1.70. The molecule has 0 aromatic heterocycles. The van der Waals surface area contributed by atoms with Gasteiger partial charge < -0.3 is 0 Å². The molecular weight excluding hydrogens is 204 g/mol. The Morgan fingerprint density at radius 1 is 0.765 bits per heavy atom. The summed E-state index contributed by atoms with van der Waals surface area (Å²) < 4.78 is 0. The van der Waals surface area contributed by atoms with Crippen LogP contribution in [-0.2, 0) is 0 Å². The molecule has 0 bridgehead atoms. The van der Waals surface area contributed by atoms with Crippen LogP contribution in [0.15, 0.2) is 54.6 Å². The second-order valence-electron chi connectivity index (χ2n) is 4.48. The molecule has 4 rings (SSSR count). The summed E-state index contributed by atoms with van der Waals surface area (Å²) in [5.74, 6) is 0. The van der Waals surface area contributed by atoms with Crippen molar-refractivity contribution in [3.8, 4) is 0 Å². The number of allylic oxidation sites excluding steroid dienone is 1. The summed E-state index contributed by atoms with van der Waals surface area (Å²) in [6.07, 6.45) is 6.55. The minimum atomic E-state index is 1.32. The van der Waals surface area contributed by atoms with Gasteiger partial charge in [0.15, 0.2) is 0 Å². The maximum atomic E-state index is 2.28. The van der Waals surface area contributed by atoms with E-state index in [1.54, 1.807) is 0 Å². The molecular formula is C17H11. The van der Waals surface area contributed by atoms with Crippen molar-refractivity contribution in [2.24, 2.45) is 0 Å². The fourth-order valence-corrected chi connectivity index (χ4v) is 2.75. The third-order valence-corrected chi connectivity index (χ3v) is 3.50. The van der Waals surface area contributed by atoms with Gasteiger partial charge in [-0.15, -0.1) is 0 Å². The van der Waals surface area contributed by atoms with Crippen molar-refractivity contribution in [1.82, 2.24) is 0 Å². The van der Waals surface area contributed by atoms with Gasteiger partial charge in [-0.25, -0.2) is 0 Å². The van der Waals surface area contributed by atoms with Gasteiger partial charge in [0.05, 0.1) is 0 Å². The van der Waals surface area contributed by atoms with Gasteiger partial charge in [0.1, 0.15) is 0 Å². The first-order valence-electron chi connectivity index (χ1n) is 5.89. The largest absolute Gasteiger partial charge is 0.0754 e. The molecule has 17 heavy (non-hydrogen) atoms. The molecule has 0 saturated carbocycles. The lowest BCUT2D eigenvalue weighted by Gasteiger charge is -2.15. The van der Waals surface area contributed by atoms with Gasteiger partial charge >= 0.3 is 0 Å². The molecule has 0 nitrogen and oxygen atoms in total. The Morgan fingerprint density at radius 3 is 2.65 bits per heavy atom. The van der Waals surface area contributed by atoms with Gasteiger partial charge in [-0.1, -0.05) is 54.6 Å². The number of hydrogen-bond donors (Lipinski definition) is 0. The normalized spacial score (nSPS) is 13.4. The van der Waals surface area contributed by atoms with Gasteiger partial charge in [0.25, 0.3) is 0 Å². The van der Waals surface area contributed by atoms with E-state index >= 15 is 0 Å². The Morgan fingerprint density at radius 2 is 1.65 bits per heavy atom. The molecule has 0 aliphatic heterocycles. The van der Waals surface area contributed by atoms with E-state index < -0.39 is 0 Å². The summed E-state index contributed by atoms with van der Waals surface area (Å²) in [6, 6.07) is 17.4. The SMILES string of the molecule is [CH]1C=Cc2cccc3cc4ccccc4c1c23. The number of benzene rings is 3. The molecule has 3 aromatic rings. The number of hydrogen-bond acceptors (Lipinski definition) is 0. The van der Waals surface area contributed by atoms with Crippen LogP contribution < -0.4 is 0 Å². The summed E-state index contributed by atoms with van der Waals surface area (Å²) in [5, 5.41) is 5.38. The molecule has 0 heteroatoms. The third-order valence-electron chi connectivity index (χ3n) is 3.50. The summed E-state index contributed by atoms with van der Waals surface area (Å²) >= 11 is 0. The Hall–Kier alpha value is -2.08. The molecule has 0 saturated heterocycles. The Bertz CT molecular complexity index is 763. The van der Waals surface area contributed by atoms with Crippen LogP contribution in [0.25, 0.3) is 27.6 Å². The fraction of sp³-hybridized carbons (Fsp3) is 0. The van der Waals surface area contributed by atoms with Crippen LogP contribution in [0.3, 0.4) is 0 Å². The summed E-state index contributed by atoms with van der Waals surface area (Å²) in [4.78, 5) is 0. The second-order valence-corrected chi connectivity index (χ2v) is 4.48. The predicted octanol–water partition coefficient (Wildman–Crippen LogP) is 4.57. The molecule has 0 heterocycles. The Labute approximate surface area is 100 Å². The molecule has 0 fully saturated rings. The minimum absolute atomic E-state index is 1.32. The average Bonchev–Trinajstić information content (AvgIpc) is 2.39. The third kappa shape index (κ3) is 1.18. The standard InChI is InChI=1S/C17H11/c1-2-9-15-13(5-1)11-14-8-3-6-12-7-4-10-16(15)17(12)14/h1-11H. The van der Waals surface area contributed by atoms with E-state index in [0.717, 1.165) is 0 Å². The lowest BCUT2D eigenvalue weighted by atomic mass is 9.89. The maximum absolute atomic E-state index is 2.28. The van der Waals surface area contributed by atoms with Crippen molar-refractivity contribution < 1.29 is 0 Å². The zero-order chi connectivity index (χ0) is 11.2. The molecule has 79 valence electrons. The van der Waals surface area contributed by atoms with E-state index in [0.29, 0.717) is 0 Å². The molecule has 0 amide bonds. The van der Waals surface area contributed by atoms with Crippen molar-refractivity contribution in [3.05, 3.63) is 72.2 Å². The monoisotopic (exact) mass is 215 g/mol.